The van der Waals surface area contributed by atoms with Gasteiger partial charge in [-0.1, -0.05) is 0 Å². The van der Waals surface area contributed by atoms with Crippen LogP contribution in [0.1, 0.15) is 18.7 Å². The Kier molecular flexibility index (Phi) is 4.30. The van der Waals surface area contributed by atoms with Crippen molar-refractivity contribution in [2.45, 2.75) is 19.3 Å². The fourth-order valence-corrected chi connectivity index (χ4v) is 1.73. The van der Waals surface area contributed by atoms with Crippen LogP contribution in [0.5, 0.6) is 5.88 Å². The number of ether oxygens (including phenoxy) is 1. The number of pyridine rings is 1. The summed E-state index contributed by atoms with van der Waals surface area (Å²) in [5.41, 5.74) is 7.45. The van der Waals surface area contributed by atoms with Gasteiger partial charge in [-0.2, -0.15) is 0 Å². The summed E-state index contributed by atoms with van der Waals surface area (Å²) < 4.78 is 5.03. The van der Waals surface area contributed by atoms with Crippen LogP contribution in [0.4, 0.5) is 0 Å². The third-order valence-corrected chi connectivity index (χ3v) is 2.75. The Morgan fingerprint density at radius 2 is 2.11 bits per heavy atom. The van der Waals surface area contributed by atoms with E-state index in [2.05, 4.69) is 15.0 Å². The van der Waals surface area contributed by atoms with Gasteiger partial charge in [-0.05, 0) is 25.5 Å². The lowest BCUT2D eigenvalue weighted by molar-refractivity contribution is 0.398. The predicted octanol–water partition coefficient (Wildman–Crippen LogP) is 1.76. The Hall–Kier alpha value is -1.88. The lowest BCUT2D eigenvalue weighted by Crippen LogP contribution is -1.99. The summed E-state index contributed by atoms with van der Waals surface area (Å²) in [6, 6.07) is 3.80. The Balaban J connectivity index is 2.04. The molecule has 0 bridgehead atoms. The van der Waals surface area contributed by atoms with Crippen LogP contribution in [-0.2, 0) is 6.42 Å². The van der Waals surface area contributed by atoms with E-state index in [1.807, 2.05) is 18.3 Å². The van der Waals surface area contributed by atoms with Gasteiger partial charge in [0, 0.05) is 24.2 Å². The third-order valence-electron chi connectivity index (χ3n) is 2.75. The average molecular weight is 246 g/mol. The van der Waals surface area contributed by atoms with E-state index in [4.69, 9.17) is 10.5 Å². The van der Waals surface area contributed by atoms with Crippen LogP contribution in [0.15, 0.2) is 24.5 Å². The first-order valence-electron chi connectivity index (χ1n) is 6.08. The summed E-state index contributed by atoms with van der Waals surface area (Å²) in [6.07, 6.45) is 6.63. The zero-order valence-corrected chi connectivity index (χ0v) is 10.5. The van der Waals surface area contributed by atoms with Gasteiger partial charge in [0.2, 0.25) is 5.88 Å². The topological polar surface area (TPSA) is 76.8 Å². The smallest absolute Gasteiger partial charge is 0.212 e. The van der Waals surface area contributed by atoms with Crippen LogP contribution < -0.4 is 10.5 Å². The van der Waals surface area contributed by atoms with E-state index >= 15 is 0 Å². The zero-order chi connectivity index (χ0) is 12.8. The van der Waals surface area contributed by atoms with Crippen molar-refractivity contribution in [1.29, 1.82) is 0 Å². The van der Waals surface area contributed by atoms with Crippen molar-refractivity contribution in [1.82, 2.24) is 15.0 Å². The molecule has 0 saturated carbocycles. The van der Waals surface area contributed by atoms with Gasteiger partial charge in [-0.25, -0.2) is 9.97 Å². The average Bonchev–Trinajstić information content (AvgIpc) is 2.88. The molecule has 5 nitrogen and oxygen atoms in total. The zero-order valence-electron chi connectivity index (χ0n) is 10.5. The Morgan fingerprint density at radius 1 is 1.22 bits per heavy atom. The molecule has 2 aromatic rings. The number of imidazole rings is 1. The normalized spacial score (nSPS) is 10.6. The second-order valence-corrected chi connectivity index (χ2v) is 4.08. The first-order valence-corrected chi connectivity index (χ1v) is 6.08. The second kappa shape index (κ2) is 6.16. The highest BCUT2D eigenvalue weighted by Gasteiger charge is 2.04. The van der Waals surface area contributed by atoms with Gasteiger partial charge in [0.15, 0.2) is 0 Å². The minimum atomic E-state index is 0.612. The molecule has 0 radical (unpaired) electrons. The molecule has 18 heavy (non-hydrogen) atoms. The molecule has 0 aliphatic carbocycles. The van der Waals surface area contributed by atoms with Crippen molar-refractivity contribution in [3.63, 3.8) is 0 Å². The van der Waals surface area contributed by atoms with Gasteiger partial charge in [-0.15, -0.1) is 0 Å². The van der Waals surface area contributed by atoms with E-state index in [1.165, 1.54) is 0 Å². The molecule has 0 amide bonds. The summed E-state index contributed by atoms with van der Waals surface area (Å²) in [6.45, 7) is 0.732. The predicted molar refractivity (Wildman–Crippen MR) is 70.4 cm³/mol. The Morgan fingerprint density at radius 3 is 2.78 bits per heavy atom. The number of unbranched alkanes of at least 4 members (excludes halogenated alkanes) is 1. The molecule has 0 unspecified atom stereocenters. The maximum Gasteiger partial charge on any atom is 0.212 e. The van der Waals surface area contributed by atoms with Crippen molar-refractivity contribution in [3.8, 4) is 17.1 Å². The molecule has 0 fully saturated rings. The maximum atomic E-state index is 5.47. The highest BCUT2D eigenvalue weighted by Crippen LogP contribution is 2.18. The molecule has 0 aliphatic heterocycles. The SMILES string of the molecule is COc1ccc(-c2cnc(CCCCN)[nH]2)cn1. The van der Waals surface area contributed by atoms with E-state index in [9.17, 15) is 0 Å². The number of rotatable bonds is 6. The molecule has 0 spiro atoms. The van der Waals surface area contributed by atoms with Gasteiger partial charge >= 0.3 is 0 Å². The molecule has 5 heteroatoms. The van der Waals surface area contributed by atoms with Crippen LogP contribution in [0.2, 0.25) is 0 Å². The van der Waals surface area contributed by atoms with Gasteiger partial charge in [0.1, 0.15) is 5.82 Å². The minimum absolute atomic E-state index is 0.612. The number of hydrogen-bond acceptors (Lipinski definition) is 4. The summed E-state index contributed by atoms with van der Waals surface area (Å²) in [5, 5.41) is 0. The molecule has 2 heterocycles. The highest BCUT2D eigenvalue weighted by molar-refractivity contribution is 5.57. The van der Waals surface area contributed by atoms with Crippen LogP contribution in [0.25, 0.3) is 11.3 Å². The summed E-state index contributed by atoms with van der Waals surface area (Å²) in [5.74, 6) is 1.61. The minimum Gasteiger partial charge on any atom is -0.481 e. The first-order chi connectivity index (χ1) is 8.83. The van der Waals surface area contributed by atoms with Crippen molar-refractivity contribution < 1.29 is 4.74 Å². The molecule has 0 atom stereocenters. The van der Waals surface area contributed by atoms with Crippen LogP contribution in [0, 0.1) is 0 Å². The van der Waals surface area contributed by atoms with Crippen LogP contribution in [0.3, 0.4) is 0 Å². The van der Waals surface area contributed by atoms with Crippen molar-refractivity contribution in [3.05, 3.63) is 30.4 Å². The van der Waals surface area contributed by atoms with E-state index < -0.39 is 0 Å². The van der Waals surface area contributed by atoms with E-state index in [0.29, 0.717) is 5.88 Å². The number of H-pyrrole nitrogens is 1. The third kappa shape index (κ3) is 3.07. The van der Waals surface area contributed by atoms with Crippen molar-refractivity contribution in [2.24, 2.45) is 5.73 Å². The molecule has 0 aromatic carbocycles. The van der Waals surface area contributed by atoms with Gasteiger partial charge in [0.05, 0.1) is 19.0 Å². The lowest BCUT2D eigenvalue weighted by atomic mass is 10.2. The van der Waals surface area contributed by atoms with Crippen molar-refractivity contribution >= 4 is 0 Å². The molecular weight excluding hydrogens is 228 g/mol. The number of methoxy groups -OCH3 is 1. The van der Waals surface area contributed by atoms with Gasteiger partial charge in [-0.3, -0.25) is 0 Å². The maximum absolute atomic E-state index is 5.47. The number of aromatic nitrogens is 3. The van der Waals surface area contributed by atoms with Crippen LogP contribution in [-0.4, -0.2) is 28.6 Å². The highest BCUT2D eigenvalue weighted by atomic mass is 16.5. The lowest BCUT2D eigenvalue weighted by Gasteiger charge is -2.00. The van der Waals surface area contributed by atoms with E-state index in [1.54, 1.807) is 13.3 Å². The van der Waals surface area contributed by atoms with E-state index in [-0.39, 0.29) is 0 Å². The molecule has 3 N–H and O–H groups in total. The number of aromatic amines is 1. The standard InChI is InChI=1S/C13H18N4O/c1-18-13-6-5-10(8-16-13)11-9-15-12(17-11)4-2-3-7-14/h5-6,8-9H,2-4,7,14H2,1H3,(H,15,17). The Labute approximate surface area is 106 Å². The molecular formula is C13H18N4O. The van der Waals surface area contributed by atoms with Crippen molar-refractivity contribution in [2.75, 3.05) is 13.7 Å². The molecule has 0 aliphatic rings. The largest absolute Gasteiger partial charge is 0.481 e. The number of nitrogens with zero attached hydrogens (tertiary/aromatic N) is 2. The first kappa shape index (κ1) is 12.6. The summed E-state index contributed by atoms with van der Waals surface area (Å²) in [4.78, 5) is 11.8. The second-order valence-electron chi connectivity index (χ2n) is 4.08. The van der Waals surface area contributed by atoms with Gasteiger partial charge < -0.3 is 15.5 Å². The molecule has 2 aromatic heterocycles. The Bertz CT molecular complexity index is 478. The van der Waals surface area contributed by atoms with Crippen LogP contribution >= 0.6 is 0 Å². The number of hydrogen-bond donors (Lipinski definition) is 2. The summed E-state index contributed by atoms with van der Waals surface area (Å²) >= 11 is 0. The number of nitrogens with two attached hydrogens (primary N) is 1. The van der Waals surface area contributed by atoms with E-state index in [0.717, 1.165) is 42.9 Å². The number of aryl methyl sites for hydroxylation is 1. The molecule has 0 saturated heterocycles. The fourth-order valence-electron chi connectivity index (χ4n) is 1.73. The number of nitrogens with one attached hydrogen (secondary N) is 1. The quantitative estimate of drug-likeness (QED) is 0.761. The van der Waals surface area contributed by atoms with Gasteiger partial charge in [0.25, 0.3) is 0 Å². The monoisotopic (exact) mass is 246 g/mol. The fraction of sp³-hybridized carbons (Fsp3) is 0.385. The molecule has 2 rings (SSSR count). The summed E-state index contributed by atoms with van der Waals surface area (Å²) in [7, 11) is 1.60. The molecule has 96 valence electrons.